The molecule has 7 atom stereocenters. The van der Waals surface area contributed by atoms with Gasteiger partial charge in [-0.1, -0.05) is 44.2 Å². The Labute approximate surface area is 361 Å². The number of aldehydes is 1. The highest BCUT2D eigenvalue weighted by Crippen LogP contribution is 2.27. The first-order chi connectivity index (χ1) is 30.2. The number of carbonyl (C=O) groups excluding carboxylic acids is 8. The molecule has 0 aliphatic carbocycles. The van der Waals surface area contributed by atoms with Gasteiger partial charge in [-0.15, -0.1) is 5.48 Å². The molecule has 2 saturated heterocycles. The van der Waals surface area contributed by atoms with Crippen molar-refractivity contribution in [2.45, 2.75) is 94.8 Å². The summed E-state index contributed by atoms with van der Waals surface area (Å²) in [4.78, 5) is 123. The van der Waals surface area contributed by atoms with Crippen molar-refractivity contribution < 1.29 is 58.2 Å². The second kappa shape index (κ2) is 20.3. The quantitative estimate of drug-likeness (QED) is 0.0710. The third-order valence-corrected chi connectivity index (χ3v) is 11.2. The number of nitrogens with zero attached hydrogens (tertiary/aromatic N) is 2. The summed E-state index contributed by atoms with van der Waals surface area (Å²) in [5.74, 6) is -5.98. The molecule has 21 heteroatoms. The number of nitrogens with one attached hydrogen (secondary N) is 7. The predicted molar refractivity (Wildman–Crippen MR) is 221 cm³/mol. The number of likely N-dealkylation sites (tertiary alicyclic amines) is 1. The molecule has 9 N–H and O–H groups in total. The fourth-order valence-corrected chi connectivity index (χ4v) is 7.85. The number of hydroxylamine groups is 1. The van der Waals surface area contributed by atoms with Crippen molar-refractivity contribution in [3.05, 3.63) is 65.9 Å². The van der Waals surface area contributed by atoms with E-state index in [9.17, 15) is 53.4 Å². The normalized spacial score (nSPS) is 24.1. The number of hydrogen-bond acceptors (Lipinski definition) is 12. The van der Waals surface area contributed by atoms with Gasteiger partial charge in [-0.05, 0) is 60.9 Å². The number of carbonyl (C=O) groups is 9. The average Bonchev–Trinajstić information content (AvgIpc) is 4.02. The summed E-state index contributed by atoms with van der Waals surface area (Å²) in [6.07, 6.45) is 2.16. The molecule has 2 fully saturated rings. The molecule has 0 spiro atoms. The minimum absolute atomic E-state index is 0.101. The van der Waals surface area contributed by atoms with Gasteiger partial charge in [0.2, 0.25) is 35.4 Å². The molecule has 0 radical (unpaired) electrons. The fourth-order valence-electron chi connectivity index (χ4n) is 7.85. The van der Waals surface area contributed by atoms with Gasteiger partial charge in [0.15, 0.2) is 6.17 Å². The van der Waals surface area contributed by atoms with E-state index in [4.69, 9.17) is 4.84 Å². The van der Waals surface area contributed by atoms with Crippen molar-refractivity contribution >= 4 is 64.5 Å². The van der Waals surface area contributed by atoms with Crippen LogP contribution in [0.1, 0.15) is 56.8 Å². The minimum atomic E-state index is -1.53. The smallest absolute Gasteiger partial charge is 0.326 e. The standard InChI is InChI=1S/C42H51N9O12/c1-22(2)35-39(58)43-18-34(55)46-30(21-53)37(56)47-29(42(61)62)17-24-19-51(31-7-4-3-6-27(24)31)36(40(59)48-35)49-63-26-11-9-23(10-12-26)16-25(20-52)44-38(57)32-8-5-15-50(32)41(60)28-13-14-33(54)45-28/h3-4,6-7,9-12,19-20,22,25,28-30,32,35-36,49,53H,5,8,13-18,21H2,1-2H3,(H,43,58)(H,44,57)(H,45,54)(H,46,55)(H,47,56)(H,48,59)(H,61,62). The van der Waals surface area contributed by atoms with E-state index in [0.717, 1.165) is 0 Å². The Hall–Kier alpha value is -6.87. The van der Waals surface area contributed by atoms with Crippen LogP contribution in [0, 0.1) is 5.92 Å². The first-order valence-electron chi connectivity index (χ1n) is 20.6. The molecule has 7 unspecified atom stereocenters. The van der Waals surface area contributed by atoms with Gasteiger partial charge >= 0.3 is 5.97 Å². The average molecular weight is 874 g/mol. The molecule has 1 aromatic heterocycles. The van der Waals surface area contributed by atoms with Crippen molar-refractivity contribution in [3.63, 3.8) is 0 Å². The van der Waals surface area contributed by atoms with Gasteiger partial charge in [-0.3, -0.25) is 33.6 Å². The van der Waals surface area contributed by atoms with Crippen molar-refractivity contribution in [1.82, 2.24) is 46.8 Å². The van der Waals surface area contributed by atoms with Gasteiger partial charge in [0.25, 0.3) is 5.91 Å². The molecule has 2 bridgehead atoms. The van der Waals surface area contributed by atoms with Crippen LogP contribution in [0.15, 0.2) is 54.7 Å². The third kappa shape index (κ3) is 11.0. The lowest BCUT2D eigenvalue weighted by molar-refractivity contribution is -0.142. The molecule has 7 amide bonds. The second-order valence-corrected chi connectivity index (χ2v) is 16.0. The SMILES string of the molecule is CC(C)C1NC(=O)C(NOc2ccc(CC(C=O)NC(=O)C3CCCN3C(=O)C3CCC(=O)N3)cc2)n2cc(c3ccccc32)CC(C(=O)O)NC(=O)C(CO)NC(=O)CNC1=O. The Balaban J connectivity index is 1.21. The van der Waals surface area contributed by atoms with E-state index in [0.29, 0.717) is 54.1 Å². The zero-order valence-corrected chi connectivity index (χ0v) is 34.6. The summed E-state index contributed by atoms with van der Waals surface area (Å²) in [7, 11) is 0. The number of aliphatic carboxylic acids is 1. The van der Waals surface area contributed by atoms with Gasteiger partial charge < -0.3 is 61.2 Å². The molecular weight excluding hydrogens is 823 g/mol. The summed E-state index contributed by atoms with van der Waals surface area (Å²) < 4.78 is 1.49. The third-order valence-electron chi connectivity index (χ3n) is 11.2. The number of benzene rings is 2. The Morgan fingerprint density at radius 3 is 2.32 bits per heavy atom. The van der Waals surface area contributed by atoms with Crippen molar-refractivity contribution in [3.8, 4) is 5.75 Å². The molecule has 21 nitrogen and oxygen atoms in total. The number of carboxylic acid groups (broad SMARTS) is 1. The summed E-state index contributed by atoms with van der Waals surface area (Å²) in [5, 5.41) is 35.7. The van der Waals surface area contributed by atoms with Crippen molar-refractivity contribution in [1.29, 1.82) is 0 Å². The molecule has 3 aromatic rings. The van der Waals surface area contributed by atoms with Crippen LogP contribution in [0.4, 0.5) is 0 Å². The number of para-hydroxylation sites is 1. The predicted octanol–water partition coefficient (Wildman–Crippen LogP) is -1.92. The van der Waals surface area contributed by atoms with Crippen molar-refractivity contribution in [2.24, 2.45) is 5.92 Å². The summed E-state index contributed by atoms with van der Waals surface area (Å²) in [6, 6.07) is 6.60. The van der Waals surface area contributed by atoms with E-state index in [1.165, 1.54) is 15.7 Å². The number of amides is 7. The van der Waals surface area contributed by atoms with Crippen LogP contribution in [0.3, 0.4) is 0 Å². The van der Waals surface area contributed by atoms with Crippen LogP contribution in [0.2, 0.25) is 0 Å². The topological polar surface area (TPSA) is 296 Å². The maximum atomic E-state index is 14.3. The molecule has 6 rings (SSSR count). The van der Waals surface area contributed by atoms with E-state index in [-0.39, 0.29) is 36.8 Å². The van der Waals surface area contributed by atoms with Gasteiger partial charge in [0, 0.05) is 31.0 Å². The lowest BCUT2D eigenvalue weighted by Gasteiger charge is -2.27. The zero-order valence-electron chi connectivity index (χ0n) is 34.6. The highest BCUT2D eigenvalue weighted by molar-refractivity contribution is 5.96. The molecule has 3 aliphatic rings. The molecule has 4 heterocycles. The van der Waals surface area contributed by atoms with Crippen LogP contribution in [0.25, 0.3) is 10.9 Å². The van der Waals surface area contributed by atoms with Gasteiger partial charge in [-0.25, -0.2) is 4.79 Å². The van der Waals surface area contributed by atoms with Crippen LogP contribution < -0.4 is 42.2 Å². The number of hydrogen-bond donors (Lipinski definition) is 9. The lowest BCUT2D eigenvalue weighted by Crippen LogP contribution is -2.56. The van der Waals surface area contributed by atoms with Gasteiger partial charge in [0.05, 0.1) is 24.7 Å². The molecular formula is C42H51N9O12. The maximum absolute atomic E-state index is 14.3. The van der Waals surface area contributed by atoms with Crippen LogP contribution >= 0.6 is 0 Å². The van der Waals surface area contributed by atoms with E-state index < -0.39 is 97.0 Å². The Kier molecular flexibility index (Phi) is 14.7. The van der Waals surface area contributed by atoms with Crippen LogP contribution in [-0.2, 0) is 56.0 Å². The number of aromatic nitrogens is 1. The summed E-state index contributed by atoms with van der Waals surface area (Å²) in [5.41, 5.74) is 4.26. The number of rotatable bonds is 12. The largest absolute Gasteiger partial charge is 0.480 e. The summed E-state index contributed by atoms with van der Waals surface area (Å²) >= 11 is 0. The minimum Gasteiger partial charge on any atom is -0.480 e. The number of aliphatic hydroxyl groups excluding tert-OH is 1. The van der Waals surface area contributed by atoms with Gasteiger partial charge in [-0.2, -0.15) is 0 Å². The first kappa shape index (κ1) is 45.7. The summed E-state index contributed by atoms with van der Waals surface area (Å²) in [6.45, 7) is 2.24. The lowest BCUT2D eigenvalue weighted by atomic mass is 10.0. The van der Waals surface area contributed by atoms with E-state index in [1.54, 1.807) is 62.4 Å². The highest BCUT2D eigenvalue weighted by atomic mass is 16.6. The van der Waals surface area contributed by atoms with E-state index >= 15 is 0 Å². The fraction of sp³-hybridized carbons (Fsp3) is 0.452. The van der Waals surface area contributed by atoms with Crippen LogP contribution in [0.5, 0.6) is 5.75 Å². The number of aliphatic hydroxyl groups is 1. The maximum Gasteiger partial charge on any atom is 0.326 e. The molecule has 2 aromatic carbocycles. The van der Waals surface area contributed by atoms with E-state index in [2.05, 4.69) is 37.4 Å². The molecule has 3 aliphatic heterocycles. The Morgan fingerprint density at radius 2 is 1.65 bits per heavy atom. The number of fused-ring (bicyclic) bond motifs is 5. The highest BCUT2D eigenvalue weighted by Gasteiger charge is 2.40. The monoisotopic (exact) mass is 873 g/mol. The van der Waals surface area contributed by atoms with E-state index in [1.807, 2.05) is 0 Å². The first-order valence-corrected chi connectivity index (χ1v) is 20.6. The Morgan fingerprint density at radius 1 is 0.905 bits per heavy atom. The molecule has 63 heavy (non-hydrogen) atoms. The zero-order chi connectivity index (χ0) is 45.4. The second-order valence-electron chi connectivity index (χ2n) is 16.0. The Bertz CT molecular complexity index is 2250. The van der Waals surface area contributed by atoms with Gasteiger partial charge in [0.1, 0.15) is 42.2 Å². The van der Waals surface area contributed by atoms with Crippen molar-refractivity contribution in [2.75, 3.05) is 19.7 Å². The van der Waals surface area contributed by atoms with Crippen LogP contribution in [-0.4, -0.2) is 129 Å². The number of carboxylic acids is 1. The molecule has 336 valence electrons. The molecule has 0 saturated carbocycles.